The Labute approximate surface area is 219 Å². The highest BCUT2D eigenvalue weighted by Crippen LogP contribution is 2.46. The van der Waals surface area contributed by atoms with Gasteiger partial charge in [-0.2, -0.15) is 5.26 Å². The molecule has 5 rings (SSSR count). The fraction of sp³-hybridized carbons (Fsp3) is 0.517. The normalized spacial score (nSPS) is 22.1. The molecule has 0 radical (unpaired) electrons. The Bertz CT molecular complexity index is 1130. The molecule has 1 atom stereocenters. The van der Waals surface area contributed by atoms with Crippen molar-refractivity contribution in [2.75, 3.05) is 47.4 Å². The van der Waals surface area contributed by atoms with E-state index in [9.17, 15) is 10.1 Å². The number of benzene rings is 2. The predicted molar refractivity (Wildman–Crippen MR) is 145 cm³/mol. The number of anilines is 3. The van der Waals surface area contributed by atoms with Gasteiger partial charge in [0.2, 0.25) is 0 Å². The van der Waals surface area contributed by atoms with Crippen molar-refractivity contribution < 1.29 is 9.90 Å². The molecule has 1 spiro atoms. The maximum absolute atomic E-state index is 11.0. The van der Waals surface area contributed by atoms with Gasteiger partial charge in [0.15, 0.2) is 0 Å². The summed E-state index contributed by atoms with van der Waals surface area (Å²) in [6.45, 7) is 7.34. The number of carboxylic acids is 1. The van der Waals surface area contributed by atoms with E-state index in [4.69, 9.17) is 16.7 Å². The topological polar surface area (TPSA) is 70.8 Å². The van der Waals surface area contributed by atoms with Crippen LogP contribution in [0.2, 0.25) is 5.02 Å². The van der Waals surface area contributed by atoms with Gasteiger partial charge < -0.3 is 19.8 Å². The first-order chi connectivity index (χ1) is 17.4. The first-order valence-electron chi connectivity index (χ1n) is 13.1. The van der Waals surface area contributed by atoms with E-state index >= 15 is 0 Å². The maximum Gasteiger partial charge on any atom is 0.303 e. The van der Waals surface area contributed by atoms with Crippen LogP contribution in [0.5, 0.6) is 0 Å². The van der Waals surface area contributed by atoms with Crippen molar-refractivity contribution in [1.29, 1.82) is 5.26 Å². The highest BCUT2D eigenvalue weighted by molar-refractivity contribution is 6.32. The standard InChI is InChI=1S/C29H35ClN4O2/c1-21-18-29(20-34(21)26-3-2-23(19-31)27(30)17-26)10-14-33(15-11-29)25-6-4-24(5-7-25)32-12-8-22(9-13-32)16-28(35)36/h2-7,17,21-22H,8-16,18,20H2,1H3,(H,35,36)/t21-/m0/s1. The Morgan fingerprint density at radius 1 is 1.03 bits per heavy atom. The molecule has 3 aliphatic heterocycles. The monoisotopic (exact) mass is 506 g/mol. The van der Waals surface area contributed by atoms with Crippen LogP contribution in [-0.4, -0.2) is 49.8 Å². The molecule has 3 heterocycles. The Morgan fingerprint density at radius 3 is 2.17 bits per heavy atom. The molecule has 36 heavy (non-hydrogen) atoms. The Hall–Kier alpha value is -2.91. The van der Waals surface area contributed by atoms with Crippen molar-refractivity contribution in [3.63, 3.8) is 0 Å². The van der Waals surface area contributed by atoms with E-state index in [1.54, 1.807) is 0 Å². The first-order valence-corrected chi connectivity index (χ1v) is 13.5. The number of piperidine rings is 2. The molecule has 3 saturated heterocycles. The molecule has 2 aromatic rings. The lowest BCUT2D eigenvalue weighted by atomic mass is 9.76. The largest absolute Gasteiger partial charge is 0.481 e. The van der Waals surface area contributed by atoms with Gasteiger partial charge in [-0.3, -0.25) is 4.79 Å². The molecular weight excluding hydrogens is 472 g/mol. The summed E-state index contributed by atoms with van der Waals surface area (Å²) in [5.41, 5.74) is 4.51. The van der Waals surface area contributed by atoms with Gasteiger partial charge in [-0.15, -0.1) is 0 Å². The smallest absolute Gasteiger partial charge is 0.303 e. The van der Waals surface area contributed by atoms with Gasteiger partial charge in [0.25, 0.3) is 0 Å². The average Bonchev–Trinajstić information content (AvgIpc) is 3.20. The number of halogens is 1. The molecule has 0 bridgehead atoms. The van der Waals surface area contributed by atoms with E-state index < -0.39 is 5.97 Å². The number of aliphatic carboxylic acids is 1. The number of hydrogen-bond acceptors (Lipinski definition) is 5. The number of nitriles is 1. The Kier molecular flexibility index (Phi) is 7.03. The zero-order chi connectivity index (χ0) is 25.3. The van der Waals surface area contributed by atoms with Gasteiger partial charge in [-0.1, -0.05) is 11.6 Å². The van der Waals surface area contributed by atoms with Crippen LogP contribution in [0.25, 0.3) is 0 Å². The Balaban J connectivity index is 1.17. The minimum atomic E-state index is -0.681. The molecule has 3 aliphatic rings. The number of hydrogen-bond donors (Lipinski definition) is 1. The lowest BCUT2D eigenvalue weighted by Crippen LogP contribution is -2.41. The second-order valence-corrected chi connectivity index (χ2v) is 11.4. The predicted octanol–water partition coefficient (Wildman–Crippen LogP) is 5.79. The summed E-state index contributed by atoms with van der Waals surface area (Å²) in [6.07, 6.45) is 5.74. The summed E-state index contributed by atoms with van der Waals surface area (Å²) >= 11 is 6.32. The quantitative estimate of drug-likeness (QED) is 0.553. The third kappa shape index (κ3) is 5.13. The average molecular weight is 507 g/mol. The fourth-order valence-corrected chi connectivity index (χ4v) is 6.77. The molecule has 0 saturated carbocycles. The van der Waals surface area contributed by atoms with Crippen molar-refractivity contribution >= 4 is 34.6 Å². The molecule has 0 unspecified atom stereocenters. The van der Waals surface area contributed by atoms with E-state index in [1.807, 2.05) is 18.2 Å². The Morgan fingerprint density at radius 2 is 1.61 bits per heavy atom. The molecule has 7 heteroatoms. The molecule has 0 aromatic heterocycles. The van der Waals surface area contributed by atoms with Gasteiger partial charge >= 0.3 is 5.97 Å². The van der Waals surface area contributed by atoms with Gasteiger partial charge in [0, 0.05) is 62.2 Å². The first kappa shape index (κ1) is 24.8. The zero-order valence-electron chi connectivity index (χ0n) is 21.0. The molecule has 1 N–H and O–H groups in total. The maximum atomic E-state index is 11.0. The van der Waals surface area contributed by atoms with Gasteiger partial charge in [0.1, 0.15) is 6.07 Å². The summed E-state index contributed by atoms with van der Waals surface area (Å²) < 4.78 is 0. The van der Waals surface area contributed by atoms with Gasteiger partial charge in [-0.05, 0) is 92.8 Å². The summed E-state index contributed by atoms with van der Waals surface area (Å²) in [7, 11) is 0. The number of carbonyl (C=O) groups is 1. The minimum Gasteiger partial charge on any atom is -0.481 e. The van der Waals surface area contributed by atoms with Crippen molar-refractivity contribution in [1.82, 2.24) is 0 Å². The molecule has 2 aromatic carbocycles. The highest BCUT2D eigenvalue weighted by atomic mass is 35.5. The summed E-state index contributed by atoms with van der Waals surface area (Å²) in [5.74, 6) is -0.374. The van der Waals surface area contributed by atoms with E-state index in [0.717, 1.165) is 51.3 Å². The molecule has 6 nitrogen and oxygen atoms in total. The van der Waals surface area contributed by atoms with E-state index in [2.05, 4.69) is 52.0 Å². The van der Waals surface area contributed by atoms with Crippen LogP contribution in [0.1, 0.15) is 51.0 Å². The lowest BCUT2D eigenvalue weighted by Gasteiger charge is -2.40. The fourth-order valence-electron chi connectivity index (χ4n) is 6.56. The van der Waals surface area contributed by atoms with E-state index in [1.165, 1.54) is 30.6 Å². The minimum absolute atomic E-state index is 0.293. The SMILES string of the molecule is C[C@H]1CC2(CCN(c3ccc(N4CCC(CC(=O)O)CC4)cc3)CC2)CN1c1ccc(C#N)c(Cl)c1. The van der Waals surface area contributed by atoms with Crippen LogP contribution in [0.15, 0.2) is 42.5 Å². The van der Waals surface area contributed by atoms with Gasteiger partial charge in [0.05, 0.1) is 10.6 Å². The molecule has 190 valence electrons. The van der Waals surface area contributed by atoms with Crippen molar-refractivity contribution in [3.05, 3.63) is 53.1 Å². The summed E-state index contributed by atoms with van der Waals surface area (Å²) in [6, 6.07) is 17.4. The van der Waals surface area contributed by atoms with Crippen molar-refractivity contribution in [3.8, 4) is 6.07 Å². The van der Waals surface area contributed by atoms with Crippen LogP contribution in [0.4, 0.5) is 17.1 Å². The number of rotatable bonds is 5. The van der Waals surface area contributed by atoms with Crippen LogP contribution in [0.3, 0.4) is 0 Å². The number of carboxylic acid groups (broad SMARTS) is 1. The highest BCUT2D eigenvalue weighted by Gasteiger charge is 2.44. The van der Waals surface area contributed by atoms with Gasteiger partial charge in [-0.25, -0.2) is 0 Å². The van der Waals surface area contributed by atoms with Crippen LogP contribution >= 0.6 is 11.6 Å². The second-order valence-electron chi connectivity index (χ2n) is 11.0. The lowest BCUT2D eigenvalue weighted by molar-refractivity contribution is -0.138. The number of nitrogens with zero attached hydrogens (tertiary/aromatic N) is 4. The van der Waals surface area contributed by atoms with E-state index in [0.29, 0.717) is 34.4 Å². The van der Waals surface area contributed by atoms with Crippen molar-refractivity contribution in [2.45, 2.75) is 51.5 Å². The van der Waals surface area contributed by atoms with Crippen LogP contribution < -0.4 is 14.7 Å². The zero-order valence-corrected chi connectivity index (χ0v) is 21.8. The summed E-state index contributed by atoms with van der Waals surface area (Å²) in [4.78, 5) is 18.4. The van der Waals surface area contributed by atoms with Crippen molar-refractivity contribution in [2.24, 2.45) is 11.3 Å². The molecule has 3 fully saturated rings. The third-order valence-electron chi connectivity index (χ3n) is 8.65. The van der Waals surface area contributed by atoms with E-state index in [-0.39, 0.29) is 0 Å². The van der Waals surface area contributed by atoms with Crippen LogP contribution in [-0.2, 0) is 4.79 Å². The molecular formula is C29H35ClN4O2. The third-order valence-corrected chi connectivity index (χ3v) is 8.97. The summed E-state index contributed by atoms with van der Waals surface area (Å²) in [5, 5.41) is 18.8. The van der Waals surface area contributed by atoms with Crippen LogP contribution in [0, 0.1) is 22.7 Å². The molecule has 0 aliphatic carbocycles. The second kappa shape index (κ2) is 10.2. The molecule has 0 amide bonds.